The summed E-state index contributed by atoms with van der Waals surface area (Å²) < 4.78 is 34.1. The smallest absolute Gasteiger partial charge is 0.281 e. The maximum Gasteiger partial charge on any atom is 0.281 e. The molecule has 0 spiro atoms. The van der Waals surface area contributed by atoms with Crippen LogP contribution in [-0.2, 0) is 23.0 Å². The number of fused-ring (bicyclic) bond motifs is 1. The largest absolute Gasteiger partial charge is 0.497 e. The number of methoxy groups -OCH3 is 1. The molecule has 5 rings (SSSR count). The van der Waals surface area contributed by atoms with Crippen molar-refractivity contribution in [3.05, 3.63) is 71.4 Å². The highest BCUT2D eigenvalue weighted by molar-refractivity contribution is 7.90. The molecule has 10 heteroatoms. The molecule has 1 unspecified atom stereocenters. The summed E-state index contributed by atoms with van der Waals surface area (Å²) in [6.45, 7) is 8.40. The van der Waals surface area contributed by atoms with E-state index in [4.69, 9.17) is 4.74 Å². The number of aromatic nitrogens is 2. The zero-order valence-corrected chi connectivity index (χ0v) is 23.0. The van der Waals surface area contributed by atoms with Gasteiger partial charge in [0.1, 0.15) is 17.4 Å². The third-order valence-electron chi connectivity index (χ3n) is 7.32. The lowest BCUT2D eigenvalue weighted by Gasteiger charge is -2.33. The van der Waals surface area contributed by atoms with Crippen molar-refractivity contribution in [2.24, 2.45) is 5.92 Å². The summed E-state index contributed by atoms with van der Waals surface area (Å²) in [6, 6.07) is 14.1. The van der Waals surface area contributed by atoms with Crippen molar-refractivity contribution < 1.29 is 17.9 Å². The number of hydrogen-bond donors (Lipinski definition) is 1. The van der Waals surface area contributed by atoms with Gasteiger partial charge in [0.15, 0.2) is 5.03 Å². The number of carbonyl (C=O) groups excluding carboxylic acids is 1. The van der Waals surface area contributed by atoms with Gasteiger partial charge in [-0.05, 0) is 80.1 Å². The van der Waals surface area contributed by atoms with Crippen molar-refractivity contribution in [2.75, 3.05) is 30.0 Å². The van der Waals surface area contributed by atoms with Gasteiger partial charge in [-0.25, -0.2) is 14.7 Å². The van der Waals surface area contributed by atoms with Crippen molar-refractivity contribution >= 4 is 27.6 Å². The number of amides is 1. The summed E-state index contributed by atoms with van der Waals surface area (Å²) in [5.41, 5.74) is 2.37. The van der Waals surface area contributed by atoms with Crippen LogP contribution in [0, 0.1) is 5.92 Å². The van der Waals surface area contributed by atoms with E-state index in [-0.39, 0.29) is 16.1 Å². The van der Waals surface area contributed by atoms with Crippen molar-refractivity contribution in [3.8, 4) is 5.75 Å². The SMILES string of the molecule is COc1ccc2c(c1)CCN(c1cccc(S(=O)(=O)NC(=O)c3cccnc3N3CC(C)CC3(C)C)n1)C2. The predicted molar refractivity (Wildman–Crippen MR) is 146 cm³/mol. The third-order valence-corrected chi connectivity index (χ3v) is 8.55. The average molecular weight is 536 g/mol. The van der Waals surface area contributed by atoms with Crippen LogP contribution in [0.4, 0.5) is 11.6 Å². The summed E-state index contributed by atoms with van der Waals surface area (Å²) in [5.74, 6) is 1.55. The Morgan fingerprint density at radius 1 is 1.13 bits per heavy atom. The number of benzene rings is 1. The number of hydrogen-bond acceptors (Lipinski definition) is 8. The zero-order chi connectivity index (χ0) is 27.1. The number of nitrogens with zero attached hydrogens (tertiary/aromatic N) is 4. The van der Waals surface area contributed by atoms with Crippen LogP contribution in [-0.4, -0.2) is 50.0 Å². The van der Waals surface area contributed by atoms with Gasteiger partial charge >= 0.3 is 0 Å². The fourth-order valence-electron chi connectivity index (χ4n) is 5.56. The highest BCUT2D eigenvalue weighted by Gasteiger charge is 2.39. The first kappa shape index (κ1) is 26.0. The van der Waals surface area contributed by atoms with E-state index >= 15 is 0 Å². The van der Waals surface area contributed by atoms with E-state index < -0.39 is 15.9 Å². The van der Waals surface area contributed by atoms with Crippen LogP contribution in [0.15, 0.2) is 59.8 Å². The number of rotatable bonds is 6. The van der Waals surface area contributed by atoms with Crippen LogP contribution in [0.25, 0.3) is 0 Å². The lowest BCUT2D eigenvalue weighted by molar-refractivity contribution is 0.0981. The Hall–Kier alpha value is -3.66. The molecule has 200 valence electrons. The third kappa shape index (κ3) is 5.05. The Bertz CT molecular complexity index is 1470. The number of nitrogens with one attached hydrogen (secondary N) is 1. The molecule has 0 bridgehead atoms. The molecule has 0 saturated carbocycles. The second-order valence-electron chi connectivity index (χ2n) is 10.7. The normalized spacial score (nSPS) is 18.7. The Kier molecular flexibility index (Phi) is 6.77. The number of carbonyl (C=O) groups is 1. The molecule has 1 atom stereocenters. The van der Waals surface area contributed by atoms with Gasteiger partial charge < -0.3 is 14.5 Å². The first-order chi connectivity index (χ1) is 18.1. The lowest BCUT2D eigenvalue weighted by Crippen LogP contribution is -2.41. The van der Waals surface area contributed by atoms with Crippen LogP contribution in [0.5, 0.6) is 5.75 Å². The van der Waals surface area contributed by atoms with Crippen molar-refractivity contribution in [3.63, 3.8) is 0 Å². The molecular formula is C28H33N5O4S. The lowest BCUT2D eigenvalue weighted by atomic mass is 9.97. The van der Waals surface area contributed by atoms with Crippen molar-refractivity contribution in [1.82, 2.24) is 14.7 Å². The van der Waals surface area contributed by atoms with Gasteiger partial charge in [-0.1, -0.05) is 19.1 Å². The molecule has 1 amide bonds. The summed E-state index contributed by atoms with van der Waals surface area (Å²) in [6.07, 6.45) is 3.36. The number of anilines is 2. The monoisotopic (exact) mass is 535 g/mol. The molecule has 1 aromatic carbocycles. The van der Waals surface area contributed by atoms with Crippen LogP contribution >= 0.6 is 0 Å². The first-order valence-corrected chi connectivity index (χ1v) is 14.2. The first-order valence-electron chi connectivity index (χ1n) is 12.7. The van der Waals surface area contributed by atoms with Gasteiger partial charge in [0, 0.05) is 31.4 Å². The van der Waals surface area contributed by atoms with E-state index in [2.05, 4.69) is 40.4 Å². The molecule has 2 aromatic heterocycles. The van der Waals surface area contributed by atoms with Gasteiger partial charge in [0.05, 0.1) is 12.7 Å². The molecule has 2 aliphatic rings. The van der Waals surface area contributed by atoms with Crippen LogP contribution in [0.2, 0.25) is 0 Å². The van der Waals surface area contributed by atoms with E-state index in [1.807, 2.05) is 23.1 Å². The molecular weight excluding hydrogens is 502 g/mol. The highest BCUT2D eigenvalue weighted by Crippen LogP contribution is 2.37. The van der Waals surface area contributed by atoms with Crippen molar-refractivity contribution in [2.45, 2.75) is 50.7 Å². The summed E-state index contributed by atoms with van der Waals surface area (Å²) in [5, 5.41) is -0.204. The maximum absolute atomic E-state index is 13.3. The van der Waals surface area contributed by atoms with Crippen LogP contribution in [0.3, 0.4) is 0 Å². The summed E-state index contributed by atoms with van der Waals surface area (Å²) in [4.78, 5) is 26.3. The molecule has 1 N–H and O–H groups in total. The highest BCUT2D eigenvalue weighted by atomic mass is 32.2. The maximum atomic E-state index is 13.3. The van der Waals surface area contributed by atoms with E-state index in [9.17, 15) is 13.2 Å². The Morgan fingerprint density at radius 2 is 1.95 bits per heavy atom. The quantitative estimate of drug-likeness (QED) is 0.508. The van der Waals surface area contributed by atoms with E-state index in [0.29, 0.717) is 30.6 Å². The number of ether oxygens (including phenoxy) is 1. The predicted octanol–water partition coefficient (Wildman–Crippen LogP) is 3.79. The summed E-state index contributed by atoms with van der Waals surface area (Å²) >= 11 is 0. The molecule has 1 fully saturated rings. The fraction of sp³-hybridized carbons (Fsp3) is 0.393. The molecule has 38 heavy (non-hydrogen) atoms. The second kappa shape index (κ2) is 9.90. The molecule has 3 aromatic rings. The Labute approximate surface area is 223 Å². The van der Waals surface area contributed by atoms with Gasteiger partial charge in [0.25, 0.3) is 15.9 Å². The topological polar surface area (TPSA) is 105 Å². The van der Waals surface area contributed by atoms with Gasteiger partial charge in [0.2, 0.25) is 0 Å². The Morgan fingerprint density at radius 3 is 2.68 bits per heavy atom. The molecule has 9 nitrogen and oxygen atoms in total. The van der Waals surface area contributed by atoms with Crippen molar-refractivity contribution in [1.29, 1.82) is 0 Å². The molecule has 2 aliphatic heterocycles. The average Bonchev–Trinajstić information content (AvgIpc) is 3.19. The fourth-order valence-corrected chi connectivity index (χ4v) is 6.49. The number of pyridine rings is 2. The zero-order valence-electron chi connectivity index (χ0n) is 22.1. The minimum Gasteiger partial charge on any atom is -0.497 e. The molecule has 0 radical (unpaired) electrons. The van der Waals surface area contributed by atoms with Gasteiger partial charge in [-0.2, -0.15) is 8.42 Å². The van der Waals surface area contributed by atoms with E-state index in [1.165, 1.54) is 11.6 Å². The Balaban J connectivity index is 1.36. The van der Waals surface area contributed by atoms with Gasteiger partial charge in [-0.3, -0.25) is 4.79 Å². The minimum atomic E-state index is -4.22. The molecule has 0 aliphatic carbocycles. The molecule has 1 saturated heterocycles. The van der Waals surface area contributed by atoms with E-state index in [1.54, 1.807) is 37.6 Å². The standard InChI is InChI=1S/C28H33N5O4S/c1-19-16-28(2,3)33(17-19)26-23(7-6-13-29-26)27(34)31-38(35,36)25-9-5-8-24(30-25)32-14-12-20-15-22(37-4)11-10-21(20)18-32/h5-11,13,15,19H,12,14,16-18H2,1-4H3,(H,31,34). The minimum absolute atomic E-state index is 0.199. The van der Waals surface area contributed by atoms with Crippen LogP contribution < -0.4 is 19.3 Å². The van der Waals surface area contributed by atoms with Gasteiger partial charge in [-0.15, -0.1) is 0 Å². The van der Waals surface area contributed by atoms with E-state index in [0.717, 1.165) is 30.7 Å². The molecule has 4 heterocycles. The second-order valence-corrected chi connectivity index (χ2v) is 12.3. The van der Waals surface area contributed by atoms with Crippen LogP contribution in [0.1, 0.15) is 48.7 Å². The summed E-state index contributed by atoms with van der Waals surface area (Å²) in [7, 11) is -2.57. The number of sulfonamides is 1.